The minimum atomic E-state index is -0.955. The van der Waals surface area contributed by atoms with Crippen LogP contribution in [-0.2, 0) is 11.2 Å². The van der Waals surface area contributed by atoms with Crippen molar-refractivity contribution in [1.82, 2.24) is 4.98 Å². The van der Waals surface area contributed by atoms with E-state index in [0.29, 0.717) is 25.3 Å². The lowest BCUT2D eigenvalue weighted by Crippen LogP contribution is -2.48. The van der Waals surface area contributed by atoms with Crippen molar-refractivity contribution >= 4 is 11.8 Å². The molecule has 1 aliphatic rings. The molecule has 0 spiro atoms. The van der Waals surface area contributed by atoms with Gasteiger partial charge >= 0.3 is 5.97 Å². The van der Waals surface area contributed by atoms with Gasteiger partial charge in [-0.05, 0) is 25.5 Å². The average Bonchev–Trinajstić information content (AvgIpc) is 2.45. The van der Waals surface area contributed by atoms with Crippen molar-refractivity contribution in [3.8, 4) is 0 Å². The van der Waals surface area contributed by atoms with Gasteiger partial charge in [0.25, 0.3) is 0 Å². The number of aromatic nitrogens is 1. The molecule has 6 heteroatoms. The maximum atomic E-state index is 11.2. The summed E-state index contributed by atoms with van der Waals surface area (Å²) in [6.45, 7) is 4.96. The number of anilines is 1. The van der Waals surface area contributed by atoms with Crippen molar-refractivity contribution in [3.63, 3.8) is 0 Å². The smallest absolute Gasteiger partial charge is 0.335 e. The molecule has 0 amide bonds. The molecule has 1 aromatic heterocycles. The lowest BCUT2D eigenvalue weighted by Gasteiger charge is -2.37. The zero-order valence-corrected chi connectivity index (χ0v) is 11.7. The predicted octanol–water partition coefficient (Wildman–Crippen LogP) is 0.928. The Morgan fingerprint density at radius 1 is 1.50 bits per heavy atom. The number of rotatable bonds is 4. The van der Waals surface area contributed by atoms with E-state index in [2.05, 4.69) is 4.98 Å². The number of morpholine rings is 1. The molecule has 0 aromatic carbocycles. The first kappa shape index (κ1) is 14.7. The summed E-state index contributed by atoms with van der Waals surface area (Å²) in [4.78, 5) is 17.6. The number of ether oxygens (including phenoxy) is 1. The molecule has 1 fully saturated rings. The second kappa shape index (κ2) is 6.19. The monoisotopic (exact) mass is 280 g/mol. The zero-order valence-electron chi connectivity index (χ0n) is 11.7. The third-order valence-electron chi connectivity index (χ3n) is 3.33. The second-order valence-corrected chi connectivity index (χ2v) is 5.02. The van der Waals surface area contributed by atoms with E-state index in [9.17, 15) is 9.90 Å². The number of aromatic carboxylic acids is 1. The molecule has 0 bridgehead atoms. The van der Waals surface area contributed by atoms with Gasteiger partial charge in [0, 0.05) is 18.8 Å². The van der Waals surface area contributed by atoms with E-state index in [1.165, 1.54) is 0 Å². The van der Waals surface area contributed by atoms with Crippen LogP contribution in [-0.4, -0.2) is 53.1 Å². The summed E-state index contributed by atoms with van der Waals surface area (Å²) < 4.78 is 5.59. The van der Waals surface area contributed by atoms with Crippen molar-refractivity contribution in [3.05, 3.63) is 23.4 Å². The number of carbonyl (C=O) groups is 1. The maximum Gasteiger partial charge on any atom is 0.335 e. The first-order chi connectivity index (χ1) is 9.53. The fourth-order valence-corrected chi connectivity index (χ4v) is 2.37. The molecule has 2 unspecified atom stereocenters. The molecular formula is C14H20N2O4. The standard InChI is InChI=1S/C14H20N2O4/c1-3-11-4-10(14(18)19)5-13(15-11)16-6-9(2)20-12(7-16)8-17/h4-5,9,12,17H,3,6-8H2,1-2H3,(H,18,19). The molecule has 2 N–H and O–H groups in total. The van der Waals surface area contributed by atoms with E-state index >= 15 is 0 Å². The van der Waals surface area contributed by atoms with E-state index < -0.39 is 5.97 Å². The van der Waals surface area contributed by atoms with Crippen LogP contribution in [0.3, 0.4) is 0 Å². The molecule has 1 aliphatic heterocycles. The topological polar surface area (TPSA) is 82.9 Å². The minimum absolute atomic E-state index is 0.0266. The molecule has 110 valence electrons. The second-order valence-electron chi connectivity index (χ2n) is 5.02. The van der Waals surface area contributed by atoms with Crippen LogP contribution in [0.4, 0.5) is 5.82 Å². The predicted molar refractivity (Wildman–Crippen MR) is 74.2 cm³/mol. The van der Waals surface area contributed by atoms with Gasteiger partial charge in [0.2, 0.25) is 0 Å². The van der Waals surface area contributed by atoms with Gasteiger partial charge in [0.1, 0.15) is 5.82 Å². The molecule has 2 atom stereocenters. The Hall–Kier alpha value is -1.66. The van der Waals surface area contributed by atoms with E-state index in [1.807, 2.05) is 18.7 Å². The minimum Gasteiger partial charge on any atom is -0.478 e. The molecule has 0 saturated carbocycles. The van der Waals surface area contributed by atoms with Crippen molar-refractivity contribution in [1.29, 1.82) is 0 Å². The van der Waals surface area contributed by atoms with Crippen molar-refractivity contribution in [2.24, 2.45) is 0 Å². The van der Waals surface area contributed by atoms with Crippen LogP contribution in [0.5, 0.6) is 0 Å². The Labute approximate surface area is 118 Å². The number of pyridine rings is 1. The molecule has 20 heavy (non-hydrogen) atoms. The number of aliphatic hydroxyl groups excluding tert-OH is 1. The van der Waals surface area contributed by atoms with Gasteiger partial charge in [0.15, 0.2) is 0 Å². The van der Waals surface area contributed by atoms with Gasteiger partial charge in [0.05, 0.1) is 24.4 Å². The molecule has 2 rings (SSSR count). The van der Waals surface area contributed by atoms with Crippen LogP contribution in [0.1, 0.15) is 29.9 Å². The summed E-state index contributed by atoms with van der Waals surface area (Å²) >= 11 is 0. The number of carboxylic acids is 1. The number of carboxylic acid groups (broad SMARTS) is 1. The summed E-state index contributed by atoms with van der Waals surface area (Å²) in [5, 5.41) is 18.4. The van der Waals surface area contributed by atoms with Crippen molar-refractivity contribution < 1.29 is 19.7 Å². The van der Waals surface area contributed by atoms with Gasteiger partial charge in [-0.1, -0.05) is 6.92 Å². The zero-order chi connectivity index (χ0) is 14.7. The normalized spacial score (nSPS) is 22.9. The van der Waals surface area contributed by atoms with Crippen LogP contribution in [0.2, 0.25) is 0 Å². The van der Waals surface area contributed by atoms with Crippen molar-refractivity contribution in [2.45, 2.75) is 32.5 Å². The summed E-state index contributed by atoms with van der Waals surface area (Å²) in [6, 6.07) is 3.17. The van der Waals surface area contributed by atoms with E-state index in [1.54, 1.807) is 12.1 Å². The summed E-state index contributed by atoms with van der Waals surface area (Å²) in [6.07, 6.45) is 0.387. The molecule has 1 saturated heterocycles. The van der Waals surface area contributed by atoms with E-state index in [4.69, 9.17) is 9.84 Å². The van der Waals surface area contributed by atoms with Crippen molar-refractivity contribution in [2.75, 3.05) is 24.6 Å². The highest BCUT2D eigenvalue weighted by Gasteiger charge is 2.26. The third kappa shape index (κ3) is 3.26. The number of nitrogens with zero attached hydrogens (tertiary/aromatic N) is 2. The Bertz CT molecular complexity index is 492. The molecular weight excluding hydrogens is 260 g/mol. The summed E-state index contributed by atoms with van der Waals surface area (Å²) in [7, 11) is 0. The average molecular weight is 280 g/mol. The lowest BCUT2D eigenvalue weighted by atomic mass is 10.1. The fraction of sp³-hybridized carbons (Fsp3) is 0.571. The van der Waals surface area contributed by atoms with Crippen LogP contribution in [0, 0.1) is 0 Å². The molecule has 6 nitrogen and oxygen atoms in total. The van der Waals surface area contributed by atoms with Gasteiger partial charge in [-0.3, -0.25) is 0 Å². The Kier molecular flexibility index (Phi) is 4.57. The quantitative estimate of drug-likeness (QED) is 0.853. The number of aryl methyl sites for hydroxylation is 1. The highest BCUT2D eigenvalue weighted by atomic mass is 16.5. The van der Waals surface area contributed by atoms with Crippen LogP contribution in [0.15, 0.2) is 12.1 Å². The van der Waals surface area contributed by atoms with Crippen LogP contribution in [0.25, 0.3) is 0 Å². The SMILES string of the molecule is CCc1cc(C(=O)O)cc(N2CC(C)OC(CO)C2)n1. The fourth-order valence-electron chi connectivity index (χ4n) is 2.37. The molecule has 0 radical (unpaired) electrons. The highest BCUT2D eigenvalue weighted by molar-refractivity contribution is 5.88. The molecule has 1 aromatic rings. The van der Waals surface area contributed by atoms with Gasteiger partial charge in [-0.2, -0.15) is 0 Å². The van der Waals surface area contributed by atoms with E-state index in [-0.39, 0.29) is 24.4 Å². The Balaban J connectivity index is 2.30. The Morgan fingerprint density at radius 3 is 2.85 bits per heavy atom. The largest absolute Gasteiger partial charge is 0.478 e. The molecule has 2 heterocycles. The first-order valence-corrected chi connectivity index (χ1v) is 6.79. The highest BCUT2D eigenvalue weighted by Crippen LogP contribution is 2.21. The van der Waals surface area contributed by atoms with Crippen LogP contribution >= 0.6 is 0 Å². The van der Waals surface area contributed by atoms with Gasteiger partial charge in [-0.15, -0.1) is 0 Å². The number of hydrogen-bond donors (Lipinski definition) is 2. The van der Waals surface area contributed by atoms with E-state index in [0.717, 1.165) is 5.69 Å². The van der Waals surface area contributed by atoms with Gasteiger partial charge in [-0.25, -0.2) is 9.78 Å². The van der Waals surface area contributed by atoms with Gasteiger partial charge < -0.3 is 19.8 Å². The van der Waals surface area contributed by atoms with Crippen LogP contribution < -0.4 is 4.90 Å². The number of hydrogen-bond acceptors (Lipinski definition) is 5. The summed E-state index contributed by atoms with van der Waals surface area (Å²) in [5.41, 5.74) is 0.992. The summed E-state index contributed by atoms with van der Waals surface area (Å²) in [5.74, 6) is -0.321. The maximum absolute atomic E-state index is 11.2. The number of aliphatic hydroxyl groups is 1. The lowest BCUT2D eigenvalue weighted by molar-refractivity contribution is -0.0423. The molecule has 0 aliphatic carbocycles. The first-order valence-electron chi connectivity index (χ1n) is 6.79. The third-order valence-corrected chi connectivity index (χ3v) is 3.33. The Morgan fingerprint density at radius 2 is 2.25 bits per heavy atom.